The van der Waals surface area contributed by atoms with Crippen LogP contribution in [-0.4, -0.2) is 25.9 Å². The third kappa shape index (κ3) is 3.14. The second kappa shape index (κ2) is 6.38. The van der Waals surface area contributed by atoms with Gasteiger partial charge in [-0.05, 0) is 18.6 Å². The Hall–Kier alpha value is -1.22. The van der Waals surface area contributed by atoms with Gasteiger partial charge >= 0.3 is 0 Å². The first kappa shape index (κ1) is 12.8. The van der Waals surface area contributed by atoms with Gasteiger partial charge < -0.3 is 9.47 Å². The van der Waals surface area contributed by atoms with Gasteiger partial charge in [-0.25, -0.2) is 0 Å². The minimum atomic E-state index is 0.0418. The van der Waals surface area contributed by atoms with Gasteiger partial charge in [-0.2, -0.15) is 0 Å². The molecule has 0 aromatic heterocycles. The zero-order chi connectivity index (χ0) is 12.0. The molecule has 3 nitrogen and oxygen atoms in total. The van der Waals surface area contributed by atoms with Crippen LogP contribution in [0.4, 0.5) is 0 Å². The lowest BCUT2D eigenvalue weighted by molar-refractivity contribution is 0.0979. The molecule has 1 rings (SSSR count). The van der Waals surface area contributed by atoms with E-state index in [1.807, 2.05) is 0 Å². The summed E-state index contributed by atoms with van der Waals surface area (Å²) < 4.78 is 10.2. The van der Waals surface area contributed by atoms with Crippen LogP contribution in [0.2, 0.25) is 0 Å². The molecule has 0 unspecified atom stereocenters. The summed E-state index contributed by atoms with van der Waals surface area (Å²) in [5.41, 5.74) is 0.577. The van der Waals surface area contributed by atoms with Crippen molar-refractivity contribution in [2.24, 2.45) is 0 Å². The molecule has 16 heavy (non-hydrogen) atoms. The molecule has 0 radical (unpaired) electrons. The molecule has 1 aromatic carbocycles. The Morgan fingerprint density at radius 2 is 2.06 bits per heavy atom. The number of Topliss-reactive ketones (excluding diaryl/α,β-unsaturated/α-hetero) is 1. The van der Waals surface area contributed by atoms with E-state index in [1.54, 1.807) is 25.3 Å². The first-order valence-electron chi connectivity index (χ1n) is 5.04. The quantitative estimate of drug-likeness (QED) is 0.568. The Morgan fingerprint density at radius 3 is 2.62 bits per heavy atom. The average Bonchev–Trinajstić information content (AvgIpc) is 2.34. The lowest BCUT2D eigenvalue weighted by Gasteiger charge is -2.09. The summed E-state index contributed by atoms with van der Waals surface area (Å²) >= 11 is 5.55. The van der Waals surface area contributed by atoms with Crippen molar-refractivity contribution in [2.45, 2.75) is 12.8 Å². The second-order valence-electron chi connectivity index (χ2n) is 3.28. The molecule has 0 bridgehead atoms. The summed E-state index contributed by atoms with van der Waals surface area (Å²) in [6, 6.07) is 5.17. The van der Waals surface area contributed by atoms with Crippen molar-refractivity contribution in [2.75, 3.05) is 20.1 Å². The van der Waals surface area contributed by atoms with E-state index in [2.05, 4.69) is 0 Å². The van der Waals surface area contributed by atoms with Gasteiger partial charge in [0.1, 0.15) is 11.5 Å². The third-order valence-corrected chi connectivity index (χ3v) is 2.51. The molecule has 0 aliphatic rings. The van der Waals surface area contributed by atoms with Crippen molar-refractivity contribution in [3.63, 3.8) is 0 Å². The molecule has 0 aliphatic heterocycles. The molecule has 0 heterocycles. The zero-order valence-corrected chi connectivity index (χ0v) is 10.2. The minimum absolute atomic E-state index is 0.0418. The largest absolute Gasteiger partial charge is 0.497 e. The normalized spacial score (nSPS) is 9.94. The van der Waals surface area contributed by atoms with Crippen LogP contribution in [0.15, 0.2) is 18.2 Å². The lowest BCUT2D eigenvalue weighted by atomic mass is 10.1. The van der Waals surface area contributed by atoms with Gasteiger partial charge in [-0.1, -0.05) is 0 Å². The maximum absolute atomic E-state index is 11.8. The van der Waals surface area contributed by atoms with Crippen LogP contribution in [0.5, 0.6) is 11.5 Å². The number of ether oxygens (including phenoxy) is 2. The fourth-order valence-corrected chi connectivity index (χ4v) is 1.52. The van der Waals surface area contributed by atoms with Gasteiger partial charge in [-0.15, -0.1) is 11.6 Å². The van der Waals surface area contributed by atoms with E-state index in [4.69, 9.17) is 21.1 Å². The van der Waals surface area contributed by atoms with Gasteiger partial charge in [0.25, 0.3) is 0 Å². The average molecular weight is 243 g/mol. The molecule has 0 N–H and O–H groups in total. The summed E-state index contributed by atoms with van der Waals surface area (Å²) in [6.45, 7) is 0. The molecule has 88 valence electrons. The van der Waals surface area contributed by atoms with E-state index in [0.717, 1.165) is 0 Å². The number of hydrogen-bond acceptors (Lipinski definition) is 3. The number of ketones is 1. The highest BCUT2D eigenvalue weighted by Crippen LogP contribution is 2.25. The van der Waals surface area contributed by atoms with E-state index in [9.17, 15) is 4.79 Å². The van der Waals surface area contributed by atoms with Crippen molar-refractivity contribution in [1.29, 1.82) is 0 Å². The number of hydrogen-bond donors (Lipinski definition) is 0. The summed E-state index contributed by atoms with van der Waals surface area (Å²) in [4.78, 5) is 11.8. The Morgan fingerprint density at radius 1 is 1.31 bits per heavy atom. The van der Waals surface area contributed by atoms with Crippen LogP contribution in [0.3, 0.4) is 0 Å². The van der Waals surface area contributed by atoms with Crippen molar-refractivity contribution < 1.29 is 14.3 Å². The molecule has 0 atom stereocenters. The smallest absolute Gasteiger partial charge is 0.166 e. The molecule has 1 aromatic rings. The second-order valence-corrected chi connectivity index (χ2v) is 3.66. The molecule has 0 aliphatic carbocycles. The Labute approximate surface area is 100 Å². The standard InChI is InChI=1S/C12H15ClO3/c1-15-9-5-6-10(12(8-9)16-2)11(14)4-3-7-13/h5-6,8H,3-4,7H2,1-2H3. The molecule has 4 heteroatoms. The molecule has 0 saturated heterocycles. The molecule has 0 amide bonds. The van der Waals surface area contributed by atoms with Crippen LogP contribution in [-0.2, 0) is 0 Å². The van der Waals surface area contributed by atoms with Crippen molar-refractivity contribution in [1.82, 2.24) is 0 Å². The van der Waals surface area contributed by atoms with Crippen LogP contribution in [0.25, 0.3) is 0 Å². The predicted molar refractivity (Wildman–Crippen MR) is 63.8 cm³/mol. The molecular weight excluding hydrogens is 228 g/mol. The van der Waals surface area contributed by atoms with Crippen molar-refractivity contribution in [3.05, 3.63) is 23.8 Å². The third-order valence-electron chi connectivity index (χ3n) is 2.25. The van der Waals surface area contributed by atoms with Crippen LogP contribution in [0.1, 0.15) is 23.2 Å². The summed E-state index contributed by atoms with van der Waals surface area (Å²) in [6.07, 6.45) is 1.11. The van der Waals surface area contributed by atoms with Crippen molar-refractivity contribution >= 4 is 17.4 Å². The number of rotatable bonds is 6. The zero-order valence-electron chi connectivity index (χ0n) is 9.46. The van der Waals surface area contributed by atoms with Crippen LogP contribution in [0, 0.1) is 0 Å². The highest BCUT2D eigenvalue weighted by molar-refractivity contribution is 6.18. The Bertz CT molecular complexity index is 363. The van der Waals surface area contributed by atoms with Gasteiger partial charge in [0.05, 0.1) is 19.8 Å². The lowest BCUT2D eigenvalue weighted by Crippen LogP contribution is -2.02. The van der Waals surface area contributed by atoms with E-state index in [1.165, 1.54) is 7.11 Å². The first-order chi connectivity index (χ1) is 7.72. The number of alkyl halides is 1. The summed E-state index contributed by atoms with van der Waals surface area (Å²) in [5, 5.41) is 0. The minimum Gasteiger partial charge on any atom is -0.497 e. The van der Waals surface area contributed by atoms with Gasteiger partial charge in [0, 0.05) is 18.4 Å². The number of carbonyl (C=O) groups is 1. The first-order valence-corrected chi connectivity index (χ1v) is 5.57. The predicted octanol–water partition coefficient (Wildman–Crippen LogP) is 2.91. The number of methoxy groups -OCH3 is 2. The Kier molecular flexibility index (Phi) is 5.12. The van der Waals surface area contributed by atoms with Crippen LogP contribution >= 0.6 is 11.6 Å². The topological polar surface area (TPSA) is 35.5 Å². The SMILES string of the molecule is COc1ccc(C(=O)CCCCl)c(OC)c1. The molecule has 0 saturated carbocycles. The monoisotopic (exact) mass is 242 g/mol. The number of carbonyl (C=O) groups excluding carboxylic acids is 1. The molecular formula is C12H15ClO3. The van der Waals surface area contributed by atoms with E-state index < -0.39 is 0 Å². The fraction of sp³-hybridized carbons (Fsp3) is 0.417. The van der Waals surface area contributed by atoms with Gasteiger partial charge in [0.15, 0.2) is 5.78 Å². The number of benzene rings is 1. The highest BCUT2D eigenvalue weighted by Gasteiger charge is 2.12. The van der Waals surface area contributed by atoms with Crippen molar-refractivity contribution in [3.8, 4) is 11.5 Å². The highest BCUT2D eigenvalue weighted by atomic mass is 35.5. The van der Waals surface area contributed by atoms with Gasteiger partial charge in [-0.3, -0.25) is 4.79 Å². The fourth-order valence-electron chi connectivity index (χ4n) is 1.39. The summed E-state index contributed by atoms with van der Waals surface area (Å²) in [5.74, 6) is 1.74. The van der Waals surface area contributed by atoms with E-state index in [-0.39, 0.29) is 5.78 Å². The molecule has 0 spiro atoms. The maximum atomic E-state index is 11.8. The Balaban J connectivity index is 2.90. The molecule has 0 fully saturated rings. The summed E-state index contributed by atoms with van der Waals surface area (Å²) in [7, 11) is 3.11. The maximum Gasteiger partial charge on any atom is 0.166 e. The van der Waals surface area contributed by atoms with E-state index in [0.29, 0.717) is 35.8 Å². The number of halogens is 1. The van der Waals surface area contributed by atoms with Crippen LogP contribution < -0.4 is 9.47 Å². The van der Waals surface area contributed by atoms with Gasteiger partial charge in [0.2, 0.25) is 0 Å². The van der Waals surface area contributed by atoms with E-state index >= 15 is 0 Å².